The molecule has 0 bridgehead atoms. The molecule has 0 saturated heterocycles. The van der Waals surface area contributed by atoms with Gasteiger partial charge >= 0.3 is 0 Å². The van der Waals surface area contributed by atoms with E-state index in [4.69, 9.17) is 4.74 Å². The Kier molecular flexibility index (Phi) is 8.01. The fraction of sp³-hybridized carbons (Fsp3) is 0.318. The molecule has 0 heterocycles. The van der Waals surface area contributed by atoms with Gasteiger partial charge in [-0.05, 0) is 42.4 Å². The second-order valence-electron chi connectivity index (χ2n) is 6.12. The number of benzene rings is 2. The summed E-state index contributed by atoms with van der Waals surface area (Å²) in [6.07, 6.45) is 3.01. The van der Waals surface area contributed by atoms with Crippen LogP contribution >= 0.6 is 0 Å². The predicted molar refractivity (Wildman–Crippen MR) is 107 cm³/mol. The molecule has 0 saturated carbocycles. The molecule has 2 rings (SSSR count). The van der Waals surface area contributed by atoms with E-state index >= 15 is 0 Å². The molecule has 1 N–H and O–H groups in total. The lowest BCUT2D eigenvalue weighted by atomic mass is 10.1. The predicted octanol–water partition coefficient (Wildman–Crippen LogP) is 4.05. The van der Waals surface area contributed by atoms with Gasteiger partial charge in [-0.25, -0.2) is 4.39 Å². The molecule has 0 aliphatic rings. The minimum Gasteiger partial charge on any atom is -0.494 e. The third kappa shape index (κ3) is 5.93. The SMILES string of the molecule is CCN(CC)C(CNC(=O)/C=C/c1ccc(OC)c(F)c1)c1ccccc1. The van der Waals surface area contributed by atoms with Crippen molar-refractivity contribution in [2.45, 2.75) is 19.9 Å². The zero-order chi connectivity index (χ0) is 19.6. The van der Waals surface area contributed by atoms with Crippen LogP contribution in [0.5, 0.6) is 5.75 Å². The second kappa shape index (κ2) is 10.5. The van der Waals surface area contributed by atoms with E-state index in [1.807, 2.05) is 18.2 Å². The number of nitrogens with zero attached hydrogens (tertiary/aromatic N) is 1. The van der Waals surface area contributed by atoms with Crippen LogP contribution in [0.4, 0.5) is 4.39 Å². The quantitative estimate of drug-likeness (QED) is 0.677. The summed E-state index contributed by atoms with van der Waals surface area (Å²) in [5.74, 6) is -0.480. The van der Waals surface area contributed by atoms with Crippen molar-refractivity contribution in [1.82, 2.24) is 10.2 Å². The van der Waals surface area contributed by atoms with Crippen LogP contribution in [-0.4, -0.2) is 37.6 Å². The Morgan fingerprint density at radius 3 is 2.48 bits per heavy atom. The minimum atomic E-state index is -0.453. The third-order valence-electron chi connectivity index (χ3n) is 4.51. The molecule has 144 valence electrons. The van der Waals surface area contributed by atoms with Crippen LogP contribution in [-0.2, 0) is 4.79 Å². The van der Waals surface area contributed by atoms with Gasteiger partial charge in [0, 0.05) is 12.6 Å². The number of halogens is 1. The van der Waals surface area contributed by atoms with Crippen LogP contribution in [0.15, 0.2) is 54.6 Å². The van der Waals surface area contributed by atoms with Gasteiger partial charge in [0.1, 0.15) is 0 Å². The standard InChI is InChI=1S/C22H27FN2O2/c1-4-25(5-2)20(18-9-7-6-8-10-18)16-24-22(26)14-12-17-11-13-21(27-3)19(23)15-17/h6-15,20H,4-5,16H2,1-3H3,(H,24,26)/b14-12+. The van der Waals surface area contributed by atoms with Gasteiger partial charge in [0.15, 0.2) is 11.6 Å². The second-order valence-corrected chi connectivity index (χ2v) is 6.12. The summed E-state index contributed by atoms with van der Waals surface area (Å²) in [7, 11) is 1.42. The van der Waals surface area contributed by atoms with Crippen LogP contribution < -0.4 is 10.1 Å². The van der Waals surface area contributed by atoms with Gasteiger partial charge in [-0.3, -0.25) is 9.69 Å². The van der Waals surface area contributed by atoms with Crippen molar-refractivity contribution < 1.29 is 13.9 Å². The zero-order valence-electron chi connectivity index (χ0n) is 16.1. The van der Waals surface area contributed by atoms with E-state index < -0.39 is 5.82 Å². The summed E-state index contributed by atoms with van der Waals surface area (Å²) in [5, 5.41) is 2.95. The topological polar surface area (TPSA) is 41.6 Å². The first kappa shape index (κ1) is 20.6. The molecule has 0 aliphatic carbocycles. The number of ether oxygens (including phenoxy) is 1. The summed E-state index contributed by atoms with van der Waals surface area (Å²) in [4.78, 5) is 14.5. The Bertz CT molecular complexity index is 758. The molecule has 0 aliphatic heterocycles. The maximum absolute atomic E-state index is 13.7. The van der Waals surface area contributed by atoms with Gasteiger partial charge in [-0.15, -0.1) is 0 Å². The minimum absolute atomic E-state index is 0.108. The Balaban J connectivity index is 2.01. The number of hydrogen-bond acceptors (Lipinski definition) is 3. The molecule has 0 spiro atoms. The van der Waals surface area contributed by atoms with E-state index in [0.717, 1.165) is 13.1 Å². The monoisotopic (exact) mass is 370 g/mol. The van der Waals surface area contributed by atoms with E-state index in [0.29, 0.717) is 12.1 Å². The number of nitrogens with one attached hydrogen (secondary N) is 1. The van der Waals surface area contributed by atoms with Crippen LogP contribution in [0, 0.1) is 5.82 Å². The Morgan fingerprint density at radius 2 is 1.89 bits per heavy atom. The maximum atomic E-state index is 13.7. The summed E-state index contributed by atoms with van der Waals surface area (Å²) in [6, 6.07) is 14.8. The van der Waals surface area contributed by atoms with Crippen LogP contribution in [0.2, 0.25) is 0 Å². The summed E-state index contributed by atoms with van der Waals surface area (Å²) >= 11 is 0. The summed E-state index contributed by atoms with van der Waals surface area (Å²) in [5.41, 5.74) is 1.77. The average molecular weight is 370 g/mol. The molecule has 27 heavy (non-hydrogen) atoms. The lowest BCUT2D eigenvalue weighted by molar-refractivity contribution is -0.116. The molecule has 2 aromatic carbocycles. The Morgan fingerprint density at radius 1 is 1.19 bits per heavy atom. The largest absolute Gasteiger partial charge is 0.494 e. The molecule has 2 aromatic rings. The average Bonchev–Trinajstić information content (AvgIpc) is 2.70. The van der Waals surface area contributed by atoms with Crippen molar-refractivity contribution in [2.75, 3.05) is 26.7 Å². The highest BCUT2D eigenvalue weighted by Gasteiger charge is 2.18. The van der Waals surface area contributed by atoms with E-state index in [-0.39, 0.29) is 17.7 Å². The lowest BCUT2D eigenvalue weighted by Crippen LogP contribution is -2.37. The first-order chi connectivity index (χ1) is 13.1. The van der Waals surface area contributed by atoms with Gasteiger partial charge in [-0.2, -0.15) is 0 Å². The number of hydrogen-bond donors (Lipinski definition) is 1. The molecule has 1 amide bonds. The fourth-order valence-corrected chi connectivity index (χ4v) is 3.01. The van der Waals surface area contributed by atoms with Crippen molar-refractivity contribution in [1.29, 1.82) is 0 Å². The molecule has 1 atom stereocenters. The van der Waals surface area contributed by atoms with E-state index in [9.17, 15) is 9.18 Å². The number of likely N-dealkylation sites (N-methyl/N-ethyl adjacent to an activating group) is 1. The van der Waals surface area contributed by atoms with Crippen molar-refractivity contribution in [3.05, 3.63) is 71.6 Å². The van der Waals surface area contributed by atoms with E-state index in [2.05, 4.69) is 36.2 Å². The van der Waals surface area contributed by atoms with Crippen molar-refractivity contribution in [2.24, 2.45) is 0 Å². The normalized spacial score (nSPS) is 12.3. The van der Waals surface area contributed by atoms with E-state index in [1.165, 1.54) is 24.8 Å². The van der Waals surface area contributed by atoms with Gasteiger partial charge in [-0.1, -0.05) is 50.2 Å². The smallest absolute Gasteiger partial charge is 0.244 e. The number of methoxy groups -OCH3 is 1. The van der Waals surface area contributed by atoms with Gasteiger partial charge in [0.25, 0.3) is 0 Å². The molecular weight excluding hydrogens is 343 g/mol. The summed E-state index contributed by atoms with van der Waals surface area (Å²) < 4.78 is 18.6. The molecule has 1 unspecified atom stereocenters. The molecular formula is C22H27FN2O2. The number of carbonyl (C=O) groups is 1. The molecule has 0 fully saturated rings. The fourth-order valence-electron chi connectivity index (χ4n) is 3.01. The summed E-state index contributed by atoms with van der Waals surface area (Å²) in [6.45, 7) is 6.52. The number of amides is 1. The Hall–Kier alpha value is -2.66. The van der Waals surface area contributed by atoms with Crippen LogP contribution in [0.25, 0.3) is 6.08 Å². The first-order valence-electron chi connectivity index (χ1n) is 9.17. The molecule has 5 heteroatoms. The van der Waals surface area contributed by atoms with Crippen molar-refractivity contribution in [3.8, 4) is 5.75 Å². The molecule has 4 nitrogen and oxygen atoms in total. The van der Waals surface area contributed by atoms with Gasteiger partial charge < -0.3 is 10.1 Å². The lowest BCUT2D eigenvalue weighted by Gasteiger charge is -2.30. The van der Waals surface area contributed by atoms with Crippen LogP contribution in [0.3, 0.4) is 0 Å². The van der Waals surface area contributed by atoms with Gasteiger partial charge in [0.05, 0.1) is 13.2 Å². The van der Waals surface area contributed by atoms with E-state index in [1.54, 1.807) is 18.2 Å². The third-order valence-corrected chi connectivity index (χ3v) is 4.51. The van der Waals surface area contributed by atoms with Crippen molar-refractivity contribution >= 4 is 12.0 Å². The van der Waals surface area contributed by atoms with Crippen LogP contribution in [0.1, 0.15) is 31.0 Å². The molecule has 0 aromatic heterocycles. The highest BCUT2D eigenvalue weighted by atomic mass is 19.1. The number of carbonyl (C=O) groups excluding carboxylic acids is 1. The van der Waals surface area contributed by atoms with Crippen molar-refractivity contribution in [3.63, 3.8) is 0 Å². The van der Waals surface area contributed by atoms with Gasteiger partial charge in [0.2, 0.25) is 5.91 Å². The first-order valence-corrected chi connectivity index (χ1v) is 9.17. The number of rotatable bonds is 9. The molecule has 0 radical (unpaired) electrons. The maximum Gasteiger partial charge on any atom is 0.244 e. The zero-order valence-corrected chi connectivity index (χ0v) is 16.1. The highest BCUT2D eigenvalue weighted by Crippen LogP contribution is 2.20. The highest BCUT2D eigenvalue weighted by molar-refractivity contribution is 5.91. The Labute approximate surface area is 160 Å².